The highest BCUT2D eigenvalue weighted by atomic mass is 16.7. The van der Waals surface area contributed by atoms with Crippen molar-refractivity contribution in [3.8, 4) is 17.2 Å². The number of hydrogen-bond acceptors (Lipinski definition) is 13. The number of aliphatic hydroxyl groups excluding tert-OH is 6. The fourth-order valence-electron chi connectivity index (χ4n) is 4.96. The van der Waals surface area contributed by atoms with Crippen molar-refractivity contribution in [1.29, 1.82) is 0 Å². The van der Waals surface area contributed by atoms with Gasteiger partial charge in [0.1, 0.15) is 71.6 Å². The van der Waals surface area contributed by atoms with Gasteiger partial charge in [-0.1, -0.05) is 30.3 Å². The number of Topliss-reactive ketones (excluding diaryl/α,β-unsaturated/α-hetero) is 1. The normalized spacial score (nSPS) is 37.9. The van der Waals surface area contributed by atoms with E-state index in [1.54, 1.807) is 0 Å². The van der Waals surface area contributed by atoms with Gasteiger partial charge < -0.3 is 59.4 Å². The van der Waals surface area contributed by atoms with Crippen LogP contribution >= 0.6 is 0 Å². The van der Waals surface area contributed by atoms with Crippen LogP contribution in [0.1, 0.15) is 35.4 Å². The summed E-state index contributed by atoms with van der Waals surface area (Å²) in [5.41, 5.74) is 0.751. The molecule has 0 radical (unpaired) electrons. The van der Waals surface area contributed by atoms with Crippen LogP contribution in [0.2, 0.25) is 0 Å². The summed E-state index contributed by atoms with van der Waals surface area (Å²) >= 11 is 0. The minimum atomic E-state index is -1.73. The summed E-state index contributed by atoms with van der Waals surface area (Å²) in [5.74, 6) is -0.734. The van der Waals surface area contributed by atoms with E-state index in [1.807, 2.05) is 30.3 Å². The Morgan fingerprint density at radius 1 is 0.850 bits per heavy atom. The average Bonchev–Trinajstić information content (AvgIpc) is 2.94. The van der Waals surface area contributed by atoms with Gasteiger partial charge in [0.2, 0.25) is 6.29 Å². The highest BCUT2D eigenvalue weighted by molar-refractivity contribution is 6.02. The molecule has 11 atom stereocenters. The van der Waals surface area contributed by atoms with Gasteiger partial charge in [-0.3, -0.25) is 4.79 Å². The number of aliphatic hydroxyl groups is 6. The van der Waals surface area contributed by atoms with Gasteiger partial charge >= 0.3 is 0 Å². The van der Waals surface area contributed by atoms with E-state index in [-0.39, 0.29) is 29.3 Å². The number of benzene rings is 2. The largest absolute Gasteiger partial charge is 0.507 e. The third-order valence-electron chi connectivity index (χ3n) is 7.30. The van der Waals surface area contributed by atoms with Crippen LogP contribution in [0.4, 0.5) is 0 Å². The summed E-state index contributed by atoms with van der Waals surface area (Å²) in [6, 6.07) is 11.6. The Kier molecular flexibility index (Phi) is 8.29. The van der Waals surface area contributed by atoms with Gasteiger partial charge in [0.05, 0.1) is 19.1 Å². The van der Waals surface area contributed by atoms with Crippen molar-refractivity contribution in [2.24, 2.45) is 0 Å². The van der Waals surface area contributed by atoms with Gasteiger partial charge in [0, 0.05) is 12.1 Å². The molecule has 218 valence electrons. The van der Waals surface area contributed by atoms with Gasteiger partial charge in [-0.25, -0.2) is 0 Å². The molecule has 0 aliphatic carbocycles. The van der Waals surface area contributed by atoms with Gasteiger partial charge in [-0.05, 0) is 12.5 Å². The fraction of sp³-hybridized carbons (Fsp3) is 0.519. The van der Waals surface area contributed by atoms with E-state index in [1.165, 1.54) is 13.0 Å². The molecule has 11 unspecified atom stereocenters. The Balaban J connectivity index is 1.29. The van der Waals surface area contributed by atoms with Crippen LogP contribution in [0.5, 0.6) is 17.2 Å². The third-order valence-corrected chi connectivity index (χ3v) is 7.30. The zero-order chi connectivity index (χ0) is 28.7. The van der Waals surface area contributed by atoms with Crippen molar-refractivity contribution < 1.29 is 64.2 Å². The van der Waals surface area contributed by atoms with Crippen LogP contribution in [-0.2, 0) is 14.2 Å². The van der Waals surface area contributed by atoms with Crippen LogP contribution in [0.15, 0.2) is 42.5 Å². The molecular weight excluding hydrogens is 532 g/mol. The molecule has 0 saturated carbocycles. The van der Waals surface area contributed by atoms with Crippen LogP contribution in [0.3, 0.4) is 0 Å². The lowest BCUT2D eigenvalue weighted by Gasteiger charge is -2.42. The standard InChI is InChI=1S/C27H32O13/c1-11-20(30)22(32)24(34)26(37-11)36-10-18-21(31)23(33)25(35)27(40-18)38-13-7-14(28)19-15(29)9-16(39-17(19)8-13)12-5-3-2-4-6-12/h2-8,11,16,18,20-28,30-35H,9-10H2,1H3. The smallest absolute Gasteiger partial charge is 0.229 e. The average molecular weight is 565 g/mol. The van der Waals surface area contributed by atoms with E-state index in [9.17, 15) is 40.5 Å². The minimum Gasteiger partial charge on any atom is -0.507 e. The number of ether oxygens (including phenoxy) is 5. The van der Waals surface area contributed by atoms with E-state index < -0.39 is 79.9 Å². The lowest BCUT2D eigenvalue weighted by molar-refractivity contribution is -0.318. The zero-order valence-electron chi connectivity index (χ0n) is 21.4. The second kappa shape index (κ2) is 11.6. The summed E-state index contributed by atoms with van der Waals surface area (Å²) in [6.07, 6.45) is -15.2. The Labute approximate surface area is 228 Å². The molecule has 0 bridgehead atoms. The lowest BCUT2D eigenvalue weighted by atomic mass is 9.95. The zero-order valence-corrected chi connectivity index (χ0v) is 21.4. The van der Waals surface area contributed by atoms with Gasteiger partial charge in [-0.2, -0.15) is 0 Å². The maximum atomic E-state index is 12.8. The Bertz CT molecular complexity index is 1190. The summed E-state index contributed by atoms with van der Waals surface area (Å²) in [6.45, 7) is 1.01. The molecule has 40 heavy (non-hydrogen) atoms. The molecule has 3 heterocycles. The number of aromatic hydroxyl groups is 1. The molecule has 3 aliphatic rings. The van der Waals surface area contributed by atoms with Crippen molar-refractivity contribution in [2.45, 2.75) is 80.9 Å². The van der Waals surface area contributed by atoms with Crippen molar-refractivity contribution in [2.75, 3.05) is 6.61 Å². The highest BCUT2D eigenvalue weighted by Gasteiger charge is 2.47. The summed E-state index contributed by atoms with van der Waals surface area (Å²) in [7, 11) is 0. The molecule has 0 amide bonds. The molecule has 13 nitrogen and oxygen atoms in total. The molecule has 2 saturated heterocycles. The third kappa shape index (κ3) is 5.52. The summed E-state index contributed by atoms with van der Waals surface area (Å²) in [5, 5.41) is 71.9. The molecule has 13 heteroatoms. The second-order valence-corrected chi connectivity index (χ2v) is 10.1. The Hall–Kier alpha value is -2.85. The van der Waals surface area contributed by atoms with Crippen molar-refractivity contribution in [1.82, 2.24) is 0 Å². The van der Waals surface area contributed by atoms with Crippen LogP contribution in [-0.4, -0.2) is 110 Å². The van der Waals surface area contributed by atoms with Gasteiger partial charge in [-0.15, -0.1) is 0 Å². The maximum absolute atomic E-state index is 12.8. The van der Waals surface area contributed by atoms with E-state index >= 15 is 0 Å². The number of carbonyl (C=O) groups excluding carboxylic acids is 1. The van der Waals surface area contributed by atoms with Gasteiger partial charge in [0.15, 0.2) is 12.1 Å². The molecule has 2 aromatic carbocycles. The number of ketones is 1. The number of hydrogen-bond donors (Lipinski definition) is 7. The SMILES string of the molecule is CC1OC(OCC2OC(Oc3cc(O)c4c(c3)OC(c3ccccc3)CC4=O)C(O)C(O)C2O)C(O)C(O)C1O. The van der Waals surface area contributed by atoms with Crippen molar-refractivity contribution >= 4 is 5.78 Å². The molecule has 0 aromatic heterocycles. The topological polar surface area (TPSA) is 205 Å². The molecule has 3 aliphatic heterocycles. The Morgan fingerprint density at radius 3 is 2.25 bits per heavy atom. The molecule has 7 N–H and O–H groups in total. The fourth-order valence-corrected chi connectivity index (χ4v) is 4.96. The first kappa shape index (κ1) is 28.7. The predicted molar refractivity (Wildman–Crippen MR) is 132 cm³/mol. The second-order valence-electron chi connectivity index (χ2n) is 10.1. The molecular formula is C27H32O13. The van der Waals surface area contributed by atoms with Crippen LogP contribution in [0, 0.1) is 0 Å². The summed E-state index contributed by atoms with van der Waals surface area (Å²) < 4.78 is 28.1. The van der Waals surface area contributed by atoms with Crippen molar-refractivity contribution in [3.63, 3.8) is 0 Å². The molecule has 0 spiro atoms. The molecule has 5 rings (SSSR count). The Morgan fingerprint density at radius 2 is 1.52 bits per heavy atom. The predicted octanol–water partition coefficient (Wildman–Crippen LogP) is -0.871. The monoisotopic (exact) mass is 564 g/mol. The van der Waals surface area contributed by atoms with Crippen LogP contribution in [0.25, 0.3) is 0 Å². The number of rotatable bonds is 6. The van der Waals surface area contributed by atoms with Gasteiger partial charge in [0.25, 0.3) is 0 Å². The van der Waals surface area contributed by atoms with E-state index in [0.29, 0.717) is 0 Å². The van der Waals surface area contributed by atoms with E-state index in [0.717, 1.165) is 11.6 Å². The first-order chi connectivity index (χ1) is 19.0. The molecule has 2 fully saturated rings. The number of phenols is 1. The minimum absolute atomic E-state index is 0.0149. The lowest BCUT2D eigenvalue weighted by Crippen LogP contribution is -2.61. The quantitative estimate of drug-likeness (QED) is 0.228. The van der Waals surface area contributed by atoms with E-state index in [4.69, 9.17) is 23.7 Å². The maximum Gasteiger partial charge on any atom is 0.229 e. The highest BCUT2D eigenvalue weighted by Crippen LogP contribution is 2.42. The van der Waals surface area contributed by atoms with Crippen LogP contribution < -0.4 is 9.47 Å². The molecule has 2 aromatic rings. The van der Waals surface area contributed by atoms with Crippen molar-refractivity contribution in [3.05, 3.63) is 53.6 Å². The number of carbonyl (C=O) groups is 1. The first-order valence-electron chi connectivity index (χ1n) is 12.8. The first-order valence-corrected chi connectivity index (χ1v) is 12.8. The van der Waals surface area contributed by atoms with E-state index in [2.05, 4.69) is 0 Å². The number of phenolic OH excluding ortho intramolecular Hbond substituents is 1. The number of fused-ring (bicyclic) bond motifs is 1. The summed E-state index contributed by atoms with van der Waals surface area (Å²) in [4.78, 5) is 12.8.